The summed E-state index contributed by atoms with van der Waals surface area (Å²) in [5.74, 6) is -2.82. The molecule has 2 amide bonds. The summed E-state index contributed by atoms with van der Waals surface area (Å²) in [5, 5.41) is 5.68. The van der Waals surface area contributed by atoms with Gasteiger partial charge in [-0.2, -0.15) is 0 Å². The Balaban J connectivity index is 1.35. The molecule has 0 atom stereocenters. The van der Waals surface area contributed by atoms with Crippen LogP contribution < -0.4 is 10.6 Å². The lowest BCUT2D eigenvalue weighted by Crippen LogP contribution is -2.49. The normalized spacial score (nSPS) is 15.0. The van der Waals surface area contributed by atoms with Crippen LogP contribution in [-0.2, 0) is 16.1 Å². The number of nitrogens with zero attached hydrogens (tertiary/aromatic N) is 2. The Morgan fingerprint density at radius 1 is 0.933 bits per heavy atom. The fourth-order valence-electron chi connectivity index (χ4n) is 3.22. The molecular formula is C21H23ClF2N4O2. The van der Waals surface area contributed by atoms with Crippen molar-refractivity contribution >= 4 is 29.1 Å². The van der Waals surface area contributed by atoms with Crippen LogP contribution in [0, 0.1) is 11.6 Å². The first kappa shape index (κ1) is 22.1. The Morgan fingerprint density at radius 2 is 1.67 bits per heavy atom. The highest BCUT2D eigenvalue weighted by atomic mass is 35.5. The molecule has 2 N–H and O–H groups in total. The van der Waals surface area contributed by atoms with E-state index in [0.717, 1.165) is 55.4 Å². The SMILES string of the molecule is O=C(CN1CCN(Cc2cccc(Cl)c2)CC1)NCC(=O)Nc1ccc(F)c(F)c1. The molecule has 2 aromatic rings. The average Bonchev–Trinajstić information content (AvgIpc) is 2.71. The molecule has 1 heterocycles. The van der Waals surface area contributed by atoms with E-state index in [1.54, 1.807) is 0 Å². The van der Waals surface area contributed by atoms with Gasteiger partial charge in [-0.3, -0.25) is 19.4 Å². The van der Waals surface area contributed by atoms with Crippen molar-refractivity contribution in [3.05, 3.63) is 64.7 Å². The van der Waals surface area contributed by atoms with Crippen LogP contribution >= 0.6 is 11.6 Å². The van der Waals surface area contributed by atoms with E-state index in [1.807, 2.05) is 29.2 Å². The number of carbonyl (C=O) groups is 2. The molecule has 6 nitrogen and oxygen atoms in total. The van der Waals surface area contributed by atoms with Crippen LogP contribution in [0.3, 0.4) is 0 Å². The molecule has 1 fully saturated rings. The lowest BCUT2D eigenvalue weighted by Gasteiger charge is -2.34. The zero-order chi connectivity index (χ0) is 21.5. The molecule has 0 spiro atoms. The summed E-state index contributed by atoms with van der Waals surface area (Å²) in [4.78, 5) is 28.3. The first-order chi connectivity index (χ1) is 14.4. The zero-order valence-corrected chi connectivity index (χ0v) is 17.1. The number of nitrogens with one attached hydrogen (secondary N) is 2. The Kier molecular flexibility index (Phi) is 7.73. The second kappa shape index (κ2) is 10.5. The van der Waals surface area contributed by atoms with E-state index in [1.165, 1.54) is 6.07 Å². The van der Waals surface area contributed by atoms with E-state index in [-0.39, 0.29) is 24.7 Å². The second-order valence-electron chi connectivity index (χ2n) is 7.14. The minimum Gasteiger partial charge on any atom is -0.346 e. The predicted molar refractivity (Wildman–Crippen MR) is 111 cm³/mol. The number of hydrogen-bond donors (Lipinski definition) is 2. The van der Waals surface area contributed by atoms with Crippen LogP contribution in [0.15, 0.2) is 42.5 Å². The Hall–Kier alpha value is -2.55. The molecule has 0 aliphatic carbocycles. The van der Waals surface area contributed by atoms with Crippen molar-refractivity contribution in [1.82, 2.24) is 15.1 Å². The topological polar surface area (TPSA) is 64.7 Å². The molecule has 0 radical (unpaired) electrons. The molecular weight excluding hydrogens is 414 g/mol. The van der Waals surface area contributed by atoms with Crippen LogP contribution in [0.4, 0.5) is 14.5 Å². The number of piperazine rings is 1. The molecule has 0 unspecified atom stereocenters. The summed E-state index contributed by atoms with van der Waals surface area (Å²) in [5.41, 5.74) is 1.28. The first-order valence-electron chi connectivity index (χ1n) is 9.60. The number of benzene rings is 2. The maximum Gasteiger partial charge on any atom is 0.243 e. The highest BCUT2D eigenvalue weighted by Crippen LogP contribution is 2.14. The van der Waals surface area contributed by atoms with Crippen molar-refractivity contribution in [2.75, 3.05) is 44.6 Å². The minimum atomic E-state index is -1.05. The molecule has 30 heavy (non-hydrogen) atoms. The molecule has 0 aromatic heterocycles. The van der Waals surface area contributed by atoms with Gasteiger partial charge < -0.3 is 10.6 Å². The van der Waals surface area contributed by atoms with Crippen molar-refractivity contribution in [2.24, 2.45) is 0 Å². The van der Waals surface area contributed by atoms with Gasteiger partial charge in [-0.05, 0) is 29.8 Å². The van der Waals surface area contributed by atoms with Gasteiger partial charge in [0.05, 0.1) is 13.1 Å². The van der Waals surface area contributed by atoms with Gasteiger partial charge in [0.1, 0.15) is 0 Å². The lowest BCUT2D eigenvalue weighted by molar-refractivity contribution is -0.125. The zero-order valence-electron chi connectivity index (χ0n) is 16.3. The molecule has 0 saturated carbocycles. The van der Waals surface area contributed by atoms with Gasteiger partial charge >= 0.3 is 0 Å². The maximum atomic E-state index is 13.2. The minimum absolute atomic E-state index is 0.129. The van der Waals surface area contributed by atoms with Crippen LogP contribution in [-0.4, -0.2) is 60.9 Å². The summed E-state index contributed by atoms with van der Waals surface area (Å²) in [6, 6.07) is 10.8. The van der Waals surface area contributed by atoms with Crippen LogP contribution in [0.25, 0.3) is 0 Å². The lowest BCUT2D eigenvalue weighted by atomic mass is 10.2. The van der Waals surface area contributed by atoms with Gasteiger partial charge in [-0.1, -0.05) is 23.7 Å². The van der Waals surface area contributed by atoms with Gasteiger partial charge in [-0.25, -0.2) is 8.78 Å². The highest BCUT2D eigenvalue weighted by molar-refractivity contribution is 6.30. The molecule has 1 saturated heterocycles. The number of rotatable bonds is 7. The van der Waals surface area contributed by atoms with Crippen molar-refractivity contribution in [1.29, 1.82) is 0 Å². The number of halogens is 3. The third-order valence-electron chi connectivity index (χ3n) is 4.78. The number of anilines is 1. The van der Waals surface area contributed by atoms with Crippen molar-refractivity contribution < 1.29 is 18.4 Å². The third-order valence-corrected chi connectivity index (χ3v) is 5.01. The summed E-state index contributed by atoms with van der Waals surface area (Å²) in [6.07, 6.45) is 0. The van der Waals surface area contributed by atoms with Gasteiger partial charge in [-0.15, -0.1) is 0 Å². The first-order valence-corrected chi connectivity index (χ1v) is 9.97. The maximum absolute atomic E-state index is 13.2. The number of amides is 2. The van der Waals surface area contributed by atoms with E-state index in [2.05, 4.69) is 15.5 Å². The molecule has 1 aliphatic heterocycles. The number of carbonyl (C=O) groups excluding carboxylic acids is 2. The molecule has 160 valence electrons. The third kappa shape index (κ3) is 6.76. The fourth-order valence-corrected chi connectivity index (χ4v) is 3.43. The standard InChI is InChI=1S/C21H23ClF2N4O2/c22-16-3-1-2-15(10-16)13-27-6-8-28(9-7-27)14-21(30)25-12-20(29)26-17-4-5-18(23)19(24)11-17/h1-5,10-11H,6-9,12-14H2,(H,25,30)(H,26,29). The summed E-state index contributed by atoms with van der Waals surface area (Å²) in [6.45, 7) is 3.91. The largest absolute Gasteiger partial charge is 0.346 e. The Bertz CT molecular complexity index is 904. The van der Waals surface area contributed by atoms with E-state index in [0.29, 0.717) is 0 Å². The second-order valence-corrected chi connectivity index (χ2v) is 7.57. The quantitative estimate of drug-likeness (QED) is 0.700. The van der Waals surface area contributed by atoms with Crippen molar-refractivity contribution in [3.8, 4) is 0 Å². The van der Waals surface area contributed by atoms with Crippen LogP contribution in [0.5, 0.6) is 0 Å². The molecule has 1 aliphatic rings. The monoisotopic (exact) mass is 436 g/mol. The fraction of sp³-hybridized carbons (Fsp3) is 0.333. The summed E-state index contributed by atoms with van der Waals surface area (Å²) in [7, 11) is 0. The van der Waals surface area contributed by atoms with Gasteiger partial charge in [0.25, 0.3) is 0 Å². The molecule has 2 aromatic carbocycles. The van der Waals surface area contributed by atoms with Gasteiger partial charge in [0.2, 0.25) is 11.8 Å². The van der Waals surface area contributed by atoms with Crippen molar-refractivity contribution in [2.45, 2.75) is 6.54 Å². The Labute approximate surface area is 178 Å². The molecule has 9 heteroatoms. The summed E-state index contributed by atoms with van der Waals surface area (Å²) >= 11 is 6.02. The van der Waals surface area contributed by atoms with Crippen molar-refractivity contribution in [3.63, 3.8) is 0 Å². The van der Waals surface area contributed by atoms with Gasteiger partial charge in [0.15, 0.2) is 11.6 Å². The highest BCUT2D eigenvalue weighted by Gasteiger charge is 2.19. The van der Waals surface area contributed by atoms with Crippen LogP contribution in [0.1, 0.15) is 5.56 Å². The predicted octanol–water partition coefficient (Wildman–Crippen LogP) is 2.49. The van der Waals surface area contributed by atoms with E-state index in [4.69, 9.17) is 11.6 Å². The van der Waals surface area contributed by atoms with E-state index in [9.17, 15) is 18.4 Å². The van der Waals surface area contributed by atoms with Crippen LogP contribution in [0.2, 0.25) is 5.02 Å². The molecule has 0 bridgehead atoms. The van der Waals surface area contributed by atoms with E-state index >= 15 is 0 Å². The number of hydrogen-bond acceptors (Lipinski definition) is 4. The van der Waals surface area contributed by atoms with E-state index < -0.39 is 17.5 Å². The van der Waals surface area contributed by atoms with Gasteiger partial charge in [0, 0.05) is 49.5 Å². The molecule has 3 rings (SSSR count). The average molecular weight is 437 g/mol. The summed E-state index contributed by atoms with van der Waals surface area (Å²) < 4.78 is 26.1. The smallest absolute Gasteiger partial charge is 0.243 e. The Morgan fingerprint density at radius 3 is 2.37 bits per heavy atom.